The lowest BCUT2D eigenvalue weighted by molar-refractivity contribution is -0.114. The zero-order chi connectivity index (χ0) is 15.5. The molecule has 0 aliphatic carbocycles. The molecule has 1 amide bonds. The number of nitrogens with zero attached hydrogens (tertiary/aromatic N) is 2. The first-order valence-corrected chi connectivity index (χ1v) is 6.68. The first-order valence-electron chi connectivity index (χ1n) is 6.68. The highest BCUT2D eigenvalue weighted by Crippen LogP contribution is 2.30. The molecule has 0 aliphatic rings. The molecule has 0 radical (unpaired) electrons. The average molecular weight is 297 g/mol. The number of methoxy groups -OCH3 is 1. The predicted molar refractivity (Wildman–Crippen MR) is 84.5 cm³/mol. The van der Waals surface area contributed by atoms with Crippen molar-refractivity contribution in [1.82, 2.24) is 15.0 Å². The molecule has 3 N–H and O–H groups in total. The highest BCUT2D eigenvalue weighted by Gasteiger charge is 2.08. The molecule has 3 rings (SSSR count). The lowest BCUT2D eigenvalue weighted by Crippen LogP contribution is -2.07. The fraction of sp³-hybridized carbons (Fsp3) is 0.133. The third-order valence-electron chi connectivity index (χ3n) is 3.13. The maximum atomic E-state index is 11.2. The van der Waals surface area contributed by atoms with Crippen LogP contribution in [-0.4, -0.2) is 28.0 Å². The van der Waals surface area contributed by atoms with Crippen molar-refractivity contribution in [3.8, 4) is 5.75 Å². The Morgan fingerprint density at radius 1 is 1.27 bits per heavy atom. The number of aromatic amines is 1. The molecule has 0 fully saturated rings. The summed E-state index contributed by atoms with van der Waals surface area (Å²) in [4.78, 5) is 22.6. The third-order valence-corrected chi connectivity index (χ3v) is 3.13. The van der Waals surface area contributed by atoms with E-state index >= 15 is 0 Å². The number of carbonyl (C=O) groups is 1. The van der Waals surface area contributed by atoms with Gasteiger partial charge >= 0.3 is 0 Å². The summed E-state index contributed by atoms with van der Waals surface area (Å²) in [6.45, 7) is 1.45. The van der Waals surface area contributed by atoms with Gasteiger partial charge < -0.3 is 20.4 Å². The van der Waals surface area contributed by atoms with Crippen molar-refractivity contribution in [2.45, 2.75) is 6.92 Å². The fourth-order valence-corrected chi connectivity index (χ4v) is 2.17. The molecule has 0 spiro atoms. The number of hydrogen-bond acceptors (Lipinski definition) is 5. The summed E-state index contributed by atoms with van der Waals surface area (Å²) < 4.78 is 5.30. The summed E-state index contributed by atoms with van der Waals surface area (Å²) in [5.74, 6) is 1.11. The molecule has 0 saturated heterocycles. The summed E-state index contributed by atoms with van der Waals surface area (Å²) in [6.07, 6.45) is 3.30. The van der Waals surface area contributed by atoms with E-state index in [1.807, 2.05) is 18.3 Å². The second-order valence-corrected chi connectivity index (χ2v) is 4.68. The van der Waals surface area contributed by atoms with Crippen LogP contribution in [0.5, 0.6) is 5.75 Å². The SMILES string of the molecule is COc1cc(Nc2ncnc3[nH]ccc23)ccc1NC(C)=O. The van der Waals surface area contributed by atoms with Gasteiger partial charge in [0.05, 0.1) is 18.2 Å². The number of nitrogens with one attached hydrogen (secondary N) is 3. The summed E-state index contributed by atoms with van der Waals surface area (Å²) in [5, 5.41) is 6.84. The van der Waals surface area contributed by atoms with E-state index in [1.54, 1.807) is 19.2 Å². The molecule has 0 saturated carbocycles. The van der Waals surface area contributed by atoms with E-state index in [2.05, 4.69) is 25.6 Å². The van der Waals surface area contributed by atoms with Crippen LogP contribution in [0.3, 0.4) is 0 Å². The molecule has 112 valence electrons. The molecule has 0 unspecified atom stereocenters. The molecule has 7 nitrogen and oxygen atoms in total. The van der Waals surface area contributed by atoms with E-state index < -0.39 is 0 Å². The zero-order valence-corrected chi connectivity index (χ0v) is 12.2. The summed E-state index contributed by atoms with van der Waals surface area (Å²) in [6, 6.07) is 7.32. The molecule has 2 aromatic heterocycles. The van der Waals surface area contributed by atoms with Crippen molar-refractivity contribution >= 4 is 34.1 Å². The van der Waals surface area contributed by atoms with E-state index in [9.17, 15) is 4.79 Å². The van der Waals surface area contributed by atoms with E-state index in [0.717, 1.165) is 16.7 Å². The largest absolute Gasteiger partial charge is 0.494 e. The van der Waals surface area contributed by atoms with Crippen molar-refractivity contribution in [2.24, 2.45) is 0 Å². The Kier molecular flexibility index (Phi) is 3.61. The van der Waals surface area contributed by atoms with E-state index in [1.165, 1.54) is 13.3 Å². The molecular formula is C15H15N5O2. The van der Waals surface area contributed by atoms with Crippen molar-refractivity contribution in [3.05, 3.63) is 36.8 Å². The van der Waals surface area contributed by atoms with Gasteiger partial charge in [0.2, 0.25) is 5.91 Å². The topological polar surface area (TPSA) is 91.9 Å². The lowest BCUT2D eigenvalue weighted by atomic mass is 10.2. The van der Waals surface area contributed by atoms with Crippen LogP contribution < -0.4 is 15.4 Å². The van der Waals surface area contributed by atoms with Gasteiger partial charge in [-0.3, -0.25) is 4.79 Å². The Balaban J connectivity index is 1.92. The summed E-state index contributed by atoms with van der Waals surface area (Å²) >= 11 is 0. The first-order chi connectivity index (χ1) is 10.7. The van der Waals surface area contributed by atoms with Gasteiger partial charge in [0.15, 0.2) is 0 Å². The van der Waals surface area contributed by atoms with Crippen LogP contribution in [0.25, 0.3) is 11.0 Å². The second-order valence-electron chi connectivity index (χ2n) is 4.68. The van der Waals surface area contributed by atoms with Crippen LogP contribution in [-0.2, 0) is 4.79 Å². The van der Waals surface area contributed by atoms with Gasteiger partial charge in [0.25, 0.3) is 0 Å². The van der Waals surface area contributed by atoms with Crippen LogP contribution in [0.2, 0.25) is 0 Å². The second kappa shape index (κ2) is 5.72. The number of carbonyl (C=O) groups excluding carboxylic acids is 1. The Hall–Kier alpha value is -3.09. The van der Waals surface area contributed by atoms with Crippen LogP contribution in [0.1, 0.15) is 6.92 Å². The third kappa shape index (κ3) is 2.69. The normalized spacial score (nSPS) is 10.5. The Labute approximate surface area is 126 Å². The number of benzene rings is 1. The van der Waals surface area contributed by atoms with Gasteiger partial charge in [-0.25, -0.2) is 9.97 Å². The molecule has 1 aromatic carbocycles. The minimum absolute atomic E-state index is 0.149. The van der Waals surface area contributed by atoms with Gasteiger partial charge in [-0.15, -0.1) is 0 Å². The minimum Gasteiger partial charge on any atom is -0.494 e. The minimum atomic E-state index is -0.149. The number of ether oxygens (including phenoxy) is 1. The van der Waals surface area contributed by atoms with E-state index in [0.29, 0.717) is 17.3 Å². The van der Waals surface area contributed by atoms with Crippen molar-refractivity contribution < 1.29 is 9.53 Å². The molecule has 0 aliphatic heterocycles. The van der Waals surface area contributed by atoms with Crippen molar-refractivity contribution in [1.29, 1.82) is 0 Å². The van der Waals surface area contributed by atoms with Crippen molar-refractivity contribution in [3.63, 3.8) is 0 Å². The Morgan fingerprint density at radius 3 is 2.91 bits per heavy atom. The van der Waals surface area contributed by atoms with Crippen LogP contribution in [0, 0.1) is 0 Å². The number of fused-ring (bicyclic) bond motifs is 1. The maximum Gasteiger partial charge on any atom is 0.221 e. The number of H-pyrrole nitrogens is 1. The quantitative estimate of drug-likeness (QED) is 0.688. The standard InChI is InChI=1S/C15H15N5O2/c1-9(21)19-12-4-3-10(7-13(12)22-2)20-15-11-5-6-16-14(11)17-8-18-15/h3-8H,1-2H3,(H,19,21)(H2,16,17,18,20). The molecule has 0 atom stereocenters. The molecule has 0 bridgehead atoms. The molecule has 7 heteroatoms. The monoisotopic (exact) mass is 297 g/mol. The summed E-state index contributed by atoms with van der Waals surface area (Å²) in [7, 11) is 1.56. The van der Waals surface area contributed by atoms with Crippen LogP contribution in [0.4, 0.5) is 17.2 Å². The van der Waals surface area contributed by atoms with Gasteiger partial charge in [-0.05, 0) is 18.2 Å². The zero-order valence-electron chi connectivity index (χ0n) is 12.2. The highest BCUT2D eigenvalue weighted by atomic mass is 16.5. The fourth-order valence-electron chi connectivity index (χ4n) is 2.17. The lowest BCUT2D eigenvalue weighted by Gasteiger charge is -2.12. The van der Waals surface area contributed by atoms with Gasteiger partial charge in [0, 0.05) is 24.9 Å². The van der Waals surface area contributed by atoms with E-state index in [4.69, 9.17) is 4.74 Å². The van der Waals surface area contributed by atoms with E-state index in [-0.39, 0.29) is 5.91 Å². The number of aromatic nitrogens is 3. The number of anilines is 3. The number of hydrogen-bond donors (Lipinski definition) is 3. The predicted octanol–water partition coefficient (Wildman–Crippen LogP) is 2.67. The average Bonchev–Trinajstić information content (AvgIpc) is 2.98. The van der Waals surface area contributed by atoms with Gasteiger partial charge in [0.1, 0.15) is 23.5 Å². The molecular weight excluding hydrogens is 282 g/mol. The Bertz CT molecular complexity index is 828. The van der Waals surface area contributed by atoms with Crippen LogP contribution in [0.15, 0.2) is 36.8 Å². The number of rotatable bonds is 4. The maximum absolute atomic E-state index is 11.2. The van der Waals surface area contributed by atoms with Gasteiger partial charge in [-0.1, -0.05) is 0 Å². The van der Waals surface area contributed by atoms with Crippen LogP contribution >= 0.6 is 0 Å². The molecule has 3 aromatic rings. The summed E-state index contributed by atoms with van der Waals surface area (Å²) in [5.41, 5.74) is 2.18. The van der Waals surface area contributed by atoms with Crippen molar-refractivity contribution in [2.75, 3.05) is 17.7 Å². The Morgan fingerprint density at radius 2 is 2.14 bits per heavy atom. The van der Waals surface area contributed by atoms with Gasteiger partial charge in [-0.2, -0.15) is 0 Å². The molecule has 2 heterocycles. The smallest absolute Gasteiger partial charge is 0.221 e. The number of amides is 1. The first kappa shape index (κ1) is 13.9. The highest BCUT2D eigenvalue weighted by molar-refractivity contribution is 5.92. The molecule has 22 heavy (non-hydrogen) atoms.